The number of fused-ring (bicyclic) bond motifs is 1. The van der Waals surface area contributed by atoms with Crippen LogP contribution in [0.1, 0.15) is 51.0 Å². The SMILES string of the molecule is CCC1(CC)CC(NCC2COc3ccccc32)CCO1. The molecular weight excluding hydrogens is 262 g/mol. The van der Waals surface area contributed by atoms with Crippen LogP contribution >= 0.6 is 0 Å². The molecular formula is C18H27NO2. The number of para-hydroxylation sites is 1. The Labute approximate surface area is 128 Å². The van der Waals surface area contributed by atoms with Crippen LogP contribution in [0.3, 0.4) is 0 Å². The Morgan fingerprint density at radius 1 is 1.24 bits per heavy atom. The van der Waals surface area contributed by atoms with Crippen molar-refractivity contribution < 1.29 is 9.47 Å². The first-order chi connectivity index (χ1) is 10.3. The molecule has 2 aliphatic heterocycles. The minimum Gasteiger partial charge on any atom is -0.493 e. The zero-order valence-corrected chi connectivity index (χ0v) is 13.2. The Morgan fingerprint density at radius 3 is 2.86 bits per heavy atom. The summed E-state index contributed by atoms with van der Waals surface area (Å²) in [5.74, 6) is 1.55. The summed E-state index contributed by atoms with van der Waals surface area (Å²) in [6, 6.07) is 8.99. The Morgan fingerprint density at radius 2 is 2.05 bits per heavy atom. The van der Waals surface area contributed by atoms with Gasteiger partial charge in [-0.1, -0.05) is 32.0 Å². The van der Waals surface area contributed by atoms with Crippen molar-refractivity contribution in [3.8, 4) is 5.75 Å². The maximum atomic E-state index is 6.06. The number of nitrogens with one attached hydrogen (secondary N) is 1. The summed E-state index contributed by atoms with van der Waals surface area (Å²) in [6.45, 7) is 7.18. The van der Waals surface area contributed by atoms with Gasteiger partial charge in [-0.3, -0.25) is 0 Å². The molecule has 3 rings (SSSR count). The van der Waals surface area contributed by atoms with Crippen LogP contribution < -0.4 is 10.1 Å². The van der Waals surface area contributed by atoms with Crippen molar-refractivity contribution in [2.75, 3.05) is 19.8 Å². The van der Waals surface area contributed by atoms with E-state index >= 15 is 0 Å². The van der Waals surface area contributed by atoms with Gasteiger partial charge in [0.15, 0.2) is 0 Å². The number of hydrogen-bond acceptors (Lipinski definition) is 3. The molecule has 2 heterocycles. The monoisotopic (exact) mass is 289 g/mol. The molecule has 1 aromatic rings. The fourth-order valence-corrected chi connectivity index (χ4v) is 3.65. The zero-order valence-electron chi connectivity index (χ0n) is 13.2. The van der Waals surface area contributed by atoms with Crippen LogP contribution in [-0.4, -0.2) is 31.4 Å². The second-order valence-electron chi connectivity index (χ2n) is 6.38. The normalized spacial score (nSPS) is 27.1. The quantitative estimate of drug-likeness (QED) is 0.900. The molecule has 1 saturated heterocycles. The second kappa shape index (κ2) is 6.37. The van der Waals surface area contributed by atoms with Gasteiger partial charge in [-0.15, -0.1) is 0 Å². The lowest BCUT2D eigenvalue weighted by Gasteiger charge is -2.40. The predicted molar refractivity (Wildman–Crippen MR) is 85.0 cm³/mol. The fourth-order valence-electron chi connectivity index (χ4n) is 3.65. The van der Waals surface area contributed by atoms with Crippen molar-refractivity contribution in [3.63, 3.8) is 0 Å². The molecule has 21 heavy (non-hydrogen) atoms. The Bertz CT molecular complexity index is 470. The zero-order chi connectivity index (χ0) is 14.7. The molecule has 1 N–H and O–H groups in total. The van der Waals surface area contributed by atoms with Crippen molar-refractivity contribution >= 4 is 0 Å². The third kappa shape index (κ3) is 3.09. The highest BCUT2D eigenvalue weighted by molar-refractivity contribution is 5.39. The molecule has 0 amide bonds. The van der Waals surface area contributed by atoms with Gasteiger partial charge in [-0.05, 0) is 31.7 Å². The van der Waals surface area contributed by atoms with E-state index in [0.717, 1.165) is 51.2 Å². The van der Waals surface area contributed by atoms with Gasteiger partial charge in [0.05, 0.1) is 12.2 Å². The summed E-state index contributed by atoms with van der Waals surface area (Å²) >= 11 is 0. The van der Waals surface area contributed by atoms with Gasteiger partial charge in [0.1, 0.15) is 5.75 Å². The van der Waals surface area contributed by atoms with Crippen LogP contribution in [0.15, 0.2) is 24.3 Å². The third-order valence-corrected chi connectivity index (χ3v) is 5.23. The predicted octanol–water partition coefficient (Wildman–Crippen LogP) is 3.49. The summed E-state index contributed by atoms with van der Waals surface area (Å²) in [6.07, 6.45) is 4.47. The van der Waals surface area contributed by atoms with Crippen LogP contribution in [0.2, 0.25) is 0 Å². The first kappa shape index (κ1) is 14.9. The van der Waals surface area contributed by atoms with Gasteiger partial charge in [0.25, 0.3) is 0 Å². The lowest BCUT2D eigenvalue weighted by molar-refractivity contribution is -0.0931. The highest BCUT2D eigenvalue weighted by Gasteiger charge is 2.35. The van der Waals surface area contributed by atoms with Crippen molar-refractivity contribution in [1.82, 2.24) is 5.32 Å². The van der Waals surface area contributed by atoms with Crippen LogP contribution in [0.25, 0.3) is 0 Å². The number of rotatable bonds is 5. The maximum absolute atomic E-state index is 6.06. The molecule has 2 atom stereocenters. The average molecular weight is 289 g/mol. The molecule has 0 bridgehead atoms. The van der Waals surface area contributed by atoms with Crippen LogP contribution in [0.4, 0.5) is 0 Å². The lowest BCUT2D eigenvalue weighted by atomic mass is 9.85. The Hall–Kier alpha value is -1.06. The second-order valence-corrected chi connectivity index (χ2v) is 6.38. The summed E-state index contributed by atoms with van der Waals surface area (Å²) in [4.78, 5) is 0. The minimum absolute atomic E-state index is 0.0972. The van der Waals surface area contributed by atoms with E-state index in [0.29, 0.717) is 12.0 Å². The van der Waals surface area contributed by atoms with E-state index in [9.17, 15) is 0 Å². The molecule has 1 aromatic carbocycles. The van der Waals surface area contributed by atoms with Gasteiger partial charge in [-0.25, -0.2) is 0 Å². The first-order valence-corrected chi connectivity index (χ1v) is 8.35. The number of hydrogen-bond donors (Lipinski definition) is 1. The molecule has 0 aromatic heterocycles. The Balaban J connectivity index is 1.56. The van der Waals surface area contributed by atoms with Gasteiger partial charge >= 0.3 is 0 Å². The standard InChI is InChI=1S/C18H27NO2/c1-3-18(4-2)11-15(9-10-21-18)19-12-14-13-20-17-8-6-5-7-16(14)17/h5-8,14-15,19H,3-4,9-13H2,1-2H3. The molecule has 0 radical (unpaired) electrons. The van der Waals surface area contributed by atoms with Crippen LogP contribution in [-0.2, 0) is 4.74 Å². The number of ether oxygens (including phenoxy) is 2. The maximum Gasteiger partial charge on any atom is 0.122 e. The Kier molecular flexibility index (Phi) is 4.51. The van der Waals surface area contributed by atoms with Gasteiger partial charge in [-0.2, -0.15) is 0 Å². The van der Waals surface area contributed by atoms with Gasteiger partial charge in [0.2, 0.25) is 0 Å². The molecule has 2 aliphatic rings. The van der Waals surface area contributed by atoms with Crippen molar-refractivity contribution in [3.05, 3.63) is 29.8 Å². The highest BCUT2D eigenvalue weighted by atomic mass is 16.5. The van der Waals surface area contributed by atoms with E-state index in [2.05, 4.69) is 37.4 Å². The van der Waals surface area contributed by atoms with E-state index in [4.69, 9.17) is 9.47 Å². The summed E-state index contributed by atoms with van der Waals surface area (Å²) in [5.41, 5.74) is 1.45. The molecule has 2 unspecified atom stereocenters. The van der Waals surface area contributed by atoms with E-state index in [-0.39, 0.29) is 5.60 Å². The summed E-state index contributed by atoms with van der Waals surface area (Å²) in [7, 11) is 0. The fraction of sp³-hybridized carbons (Fsp3) is 0.667. The summed E-state index contributed by atoms with van der Waals surface area (Å²) in [5, 5.41) is 3.77. The van der Waals surface area contributed by atoms with E-state index in [1.165, 1.54) is 5.56 Å². The molecule has 116 valence electrons. The smallest absolute Gasteiger partial charge is 0.122 e. The van der Waals surface area contributed by atoms with Gasteiger partial charge in [0, 0.05) is 30.7 Å². The average Bonchev–Trinajstić information content (AvgIpc) is 2.96. The van der Waals surface area contributed by atoms with E-state index in [1.54, 1.807) is 0 Å². The molecule has 0 spiro atoms. The van der Waals surface area contributed by atoms with Crippen LogP contribution in [0.5, 0.6) is 5.75 Å². The van der Waals surface area contributed by atoms with Crippen molar-refractivity contribution in [1.29, 1.82) is 0 Å². The summed E-state index contributed by atoms with van der Waals surface area (Å²) < 4.78 is 11.8. The minimum atomic E-state index is 0.0972. The van der Waals surface area contributed by atoms with Crippen LogP contribution in [0, 0.1) is 0 Å². The van der Waals surface area contributed by atoms with Gasteiger partial charge < -0.3 is 14.8 Å². The van der Waals surface area contributed by atoms with Crippen molar-refractivity contribution in [2.24, 2.45) is 0 Å². The van der Waals surface area contributed by atoms with E-state index < -0.39 is 0 Å². The molecule has 1 fully saturated rings. The van der Waals surface area contributed by atoms with Crippen molar-refractivity contribution in [2.45, 2.75) is 57.1 Å². The lowest BCUT2D eigenvalue weighted by Crippen LogP contribution is -2.47. The molecule has 0 saturated carbocycles. The van der Waals surface area contributed by atoms with E-state index in [1.807, 2.05) is 6.07 Å². The largest absolute Gasteiger partial charge is 0.493 e. The third-order valence-electron chi connectivity index (χ3n) is 5.23. The highest BCUT2D eigenvalue weighted by Crippen LogP contribution is 2.34. The molecule has 3 heteroatoms. The first-order valence-electron chi connectivity index (χ1n) is 8.35. The molecule has 3 nitrogen and oxygen atoms in total. The number of benzene rings is 1. The topological polar surface area (TPSA) is 30.5 Å². The molecule has 0 aliphatic carbocycles.